The summed E-state index contributed by atoms with van der Waals surface area (Å²) in [5, 5.41) is 21.5. The fourth-order valence-corrected chi connectivity index (χ4v) is 5.06. The van der Waals surface area contributed by atoms with Crippen molar-refractivity contribution in [1.29, 1.82) is 0 Å². The highest BCUT2D eigenvalue weighted by Gasteiger charge is 2.48. The number of nitrogens with zero attached hydrogens (tertiary/aromatic N) is 2. The summed E-state index contributed by atoms with van der Waals surface area (Å²) >= 11 is 1.25. The highest BCUT2D eigenvalue weighted by atomic mass is 32.1. The number of amides is 1. The summed E-state index contributed by atoms with van der Waals surface area (Å²) in [4.78, 5) is 32.4. The minimum atomic E-state index is -0.959. The number of ether oxygens (including phenoxy) is 1. The van der Waals surface area contributed by atoms with Crippen molar-refractivity contribution >= 4 is 44.1 Å². The van der Waals surface area contributed by atoms with Crippen molar-refractivity contribution in [3.63, 3.8) is 0 Å². The molecule has 1 unspecified atom stereocenters. The highest BCUT2D eigenvalue weighted by Crippen LogP contribution is 2.45. The summed E-state index contributed by atoms with van der Waals surface area (Å²) < 4.78 is 6.36. The van der Waals surface area contributed by atoms with Crippen molar-refractivity contribution in [2.24, 2.45) is 0 Å². The predicted molar refractivity (Wildman–Crippen MR) is 130 cm³/mol. The average molecular weight is 473 g/mol. The molecule has 170 valence electrons. The Morgan fingerprint density at radius 2 is 1.85 bits per heavy atom. The number of hydrogen-bond acceptors (Lipinski definition) is 7. The fourth-order valence-electron chi connectivity index (χ4n) is 4.04. The summed E-state index contributed by atoms with van der Waals surface area (Å²) in [5.74, 6) is -1.23. The van der Waals surface area contributed by atoms with E-state index in [0.29, 0.717) is 34.1 Å². The molecule has 0 saturated carbocycles. The number of thiazole rings is 1. The first-order valence-electron chi connectivity index (χ1n) is 10.7. The monoisotopic (exact) mass is 472 g/mol. The number of aromatic hydroxyl groups is 1. The van der Waals surface area contributed by atoms with Crippen molar-refractivity contribution < 1.29 is 24.5 Å². The summed E-state index contributed by atoms with van der Waals surface area (Å²) in [6.07, 6.45) is 0. The molecule has 2 heterocycles. The number of aromatic nitrogens is 1. The molecule has 8 heteroatoms. The Bertz CT molecular complexity index is 1440. The van der Waals surface area contributed by atoms with Crippen molar-refractivity contribution in [2.45, 2.75) is 13.0 Å². The van der Waals surface area contributed by atoms with Crippen LogP contribution in [0.25, 0.3) is 16.0 Å². The average Bonchev–Trinajstić information content (AvgIpc) is 3.37. The van der Waals surface area contributed by atoms with Crippen LogP contribution in [0.15, 0.2) is 78.4 Å². The number of carbonyl (C=O) groups excluding carboxylic acids is 2. The standard InChI is InChI=1S/C26H20N2O5S/c1-2-33-18-11-12-19-20(14-18)34-26(27-19)28-22(16-9-6-10-17(29)13-16)21(24(31)25(28)32)23(30)15-7-4-3-5-8-15/h3-14,22,29-30H,2H2,1H3/b23-21+. The maximum absolute atomic E-state index is 13.3. The lowest BCUT2D eigenvalue weighted by molar-refractivity contribution is -0.132. The van der Waals surface area contributed by atoms with E-state index in [4.69, 9.17) is 4.74 Å². The second-order valence-corrected chi connectivity index (χ2v) is 8.70. The lowest BCUT2D eigenvalue weighted by Crippen LogP contribution is -2.29. The van der Waals surface area contributed by atoms with E-state index in [-0.39, 0.29) is 17.1 Å². The predicted octanol–water partition coefficient (Wildman–Crippen LogP) is 5.03. The van der Waals surface area contributed by atoms with Gasteiger partial charge < -0.3 is 14.9 Å². The third-order valence-corrected chi connectivity index (χ3v) is 6.56. The number of hydrogen-bond donors (Lipinski definition) is 2. The SMILES string of the molecule is CCOc1ccc2nc(N3C(=O)C(=O)/C(=C(/O)c4ccccc4)C3c3cccc(O)c3)sc2c1. The molecule has 0 bridgehead atoms. The molecule has 0 spiro atoms. The van der Waals surface area contributed by atoms with E-state index in [2.05, 4.69) is 4.98 Å². The van der Waals surface area contributed by atoms with Crippen molar-refractivity contribution in [3.8, 4) is 11.5 Å². The quantitative estimate of drug-likeness (QED) is 0.240. The Morgan fingerprint density at radius 1 is 1.06 bits per heavy atom. The lowest BCUT2D eigenvalue weighted by Gasteiger charge is -2.23. The zero-order chi connectivity index (χ0) is 23.8. The number of aliphatic hydroxyl groups excluding tert-OH is 1. The van der Waals surface area contributed by atoms with E-state index in [0.717, 1.165) is 4.70 Å². The molecule has 7 nitrogen and oxygen atoms in total. The van der Waals surface area contributed by atoms with Crippen LogP contribution in [0, 0.1) is 0 Å². The van der Waals surface area contributed by atoms with Gasteiger partial charge in [0.25, 0.3) is 5.78 Å². The van der Waals surface area contributed by atoms with Gasteiger partial charge in [0, 0.05) is 5.56 Å². The van der Waals surface area contributed by atoms with E-state index in [1.807, 2.05) is 13.0 Å². The number of aliphatic hydroxyl groups is 1. The summed E-state index contributed by atoms with van der Waals surface area (Å²) in [7, 11) is 0. The number of phenolic OH excluding ortho intramolecular Hbond substituents is 1. The van der Waals surface area contributed by atoms with Gasteiger partial charge in [-0.1, -0.05) is 53.8 Å². The molecule has 4 aromatic rings. The van der Waals surface area contributed by atoms with Crippen molar-refractivity contribution in [1.82, 2.24) is 4.98 Å². The van der Waals surface area contributed by atoms with Crippen LogP contribution in [-0.2, 0) is 9.59 Å². The van der Waals surface area contributed by atoms with E-state index < -0.39 is 17.7 Å². The zero-order valence-electron chi connectivity index (χ0n) is 18.1. The molecule has 5 rings (SSSR count). The zero-order valence-corrected chi connectivity index (χ0v) is 19.0. The molecule has 2 N–H and O–H groups in total. The van der Waals surface area contributed by atoms with Gasteiger partial charge in [0.2, 0.25) is 0 Å². The summed E-state index contributed by atoms with van der Waals surface area (Å²) in [6.45, 7) is 2.41. The minimum Gasteiger partial charge on any atom is -0.508 e. The number of benzene rings is 3. The summed E-state index contributed by atoms with van der Waals surface area (Å²) in [5.41, 5.74) is 1.49. The first-order valence-corrected chi connectivity index (χ1v) is 11.5. The van der Waals surface area contributed by atoms with Crippen LogP contribution < -0.4 is 9.64 Å². The van der Waals surface area contributed by atoms with Crippen LogP contribution >= 0.6 is 11.3 Å². The van der Waals surface area contributed by atoms with Gasteiger partial charge in [0.15, 0.2) is 5.13 Å². The van der Waals surface area contributed by atoms with Crippen LogP contribution in [0.2, 0.25) is 0 Å². The molecular formula is C26H20N2O5S. The molecule has 0 aliphatic carbocycles. The maximum atomic E-state index is 13.3. The molecule has 0 radical (unpaired) electrons. The molecule has 1 fully saturated rings. The van der Waals surface area contributed by atoms with Gasteiger partial charge in [-0.25, -0.2) is 4.98 Å². The van der Waals surface area contributed by atoms with Crippen molar-refractivity contribution in [2.75, 3.05) is 11.5 Å². The Morgan fingerprint density at radius 3 is 2.59 bits per heavy atom. The van der Waals surface area contributed by atoms with Crippen LogP contribution in [0.3, 0.4) is 0 Å². The number of ketones is 1. The molecule has 1 saturated heterocycles. The first-order chi connectivity index (χ1) is 16.5. The smallest absolute Gasteiger partial charge is 0.301 e. The summed E-state index contributed by atoms with van der Waals surface area (Å²) in [6, 6.07) is 19.4. The minimum absolute atomic E-state index is 0.0199. The van der Waals surface area contributed by atoms with E-state index in [1.54, 1.807) is 54.6 Å². The molecule has 1 aliphatic rings. The number of phenols is 1. The molecule has 1 amide bonds. The second-order valence-electron chi connectivity index (χ2n) is 7.69. The maximum Gasteiger partial charge on any atom is 0.301 e. The normalized spacial score (nSPS) is 17.4. The molecule has 1 aliphatic heterocycles. The molecule has 34 heavy (non-hydrogen) atoms. The van der Waals surface area contributed by atoms with Crippen LogP contribution in [0.5, 0.6) is 11.5 Å². The van der Waals surface area contributed by atoms with Gasteiger partial charge in [-0.2, -0.15) is 0 Å². The molecular weight excluding hydrogens is 452 g/mol. The van der Waals surface area contributed by atoms with E-state index in [9.17, 15) is 19.8 Å². The van der Waals surface area contributed by atoms with Gasteiger partial charge in [-0.15, -0.1) is 0 Å². The van der Waals surface area contributed by atoms with Crippen LogP contribution in [-0.4, -0.2) is 33.5 Å². The van der Waals surface area contributed by atoms with Gasteiger partial charge in [-0.05, 0) is 42.8 Å². The Hall–Kier alpha value is -4.17. The molecule has 3 aromatic carbocycles. The third kappa shape index (κ3) is 3.68. The topological polar surface area (TPSA) is 100.0 Å². The largest absolute Gasteiger partial charge is 0.508 e. The lowest BCUT2D eigenvalue weighted by atomic mass is 9.95. The molecule has 1 aromatic heterocycles. The third-order valence-electron chi connectivity index (χ3n) is 5.54. The van der Waals surface area contributed by atoms with Gasteiger partial charge in [0.05, 0.1) is 28.4 Å². The highest BCUT2D eigenvalue weighted by molar-refractivity contribution is 7.22. The number of fused-ring (bicyclic) bond motifs is 1. The first kappa shape index (κ1) is 21.7. The van der Waals surface area contributed by atoms with Crippen LogP contribution in [0.1, 0.15) is 24.1 Å². The fraction of sp³-hybridized carbons (Fsp3) is 0.115. The Labute approximate surface area is 199 Å². The van der Waals surface area contributed by atoms with Crippen molar-refractivity contribution in [3.05, 3.63) is 89.5 Å². The number of Topliss-reactive ketones (excluding diaryl/α,β-unsaturated/α-hetero) is 1. The number of carbonyl (C=O) groups is 2. The Balaban J connectivity index is 1.70. The second kappa shape index (κ2) is 8.64. The van der Waals surface area contributed by atoms with Crippen LogP contribution in [0.4, 0.5) is 5.13 Å². The van der Waals surface area contributed by atoms with Gasteiger partial charge in [-0.3, -0.25) is 14.5 Å². The number of rotatable bonds is 5. The van der Waals surface area contributed by atoms with Gasteiger partial charge >= 0.3 is 5.91 Å². The van der Waals surface area contributed by atoms with E-state index in [1.165, 1.54) is 28.4 Å². The molecule has 1 atom stereocenters. The van der Waals surface area contributed by atoms with E-state index >= 15 is 0 Å². The van der Waals surface area contributed by atoms with Gasteiger partial charge in [0.1, 0.15) is 17.3 Å². The number of anilines is 1. The Kier molecular flexibility index (Phi) is 5.51.